The number of phenolic OH excluding ortho intramolecular Hbond substituents is 1. The van der Waals surface area contributed by atoms with Gasteiger partial charge in [0.1, 0.15) is 11.8 Å². The number of hydrogen-bond acceptors (Lipinski definition) is 4. The molecule has 0 aliphatic carbocycles. The third kappa shape index (κ3) is 8.86. The summed E-state index contributed by atoms with van der Waals surface area (Å²) in [5.74, 6) is -0.456. The highest BCUT2D eigenvalue weighted by Gasteiger charge is 2.34. The lowest BCUT2D eigenvalue weighted by atomic mass is 9.89. The lowest BCUT2D eigenvalue weighted by Gasteiger charge is -2.33. The van der Waals surface area contributed by atoms with Gasteiger partial charge in [0, 0.05) is 26.2 Å². The first-order chi connectivity index (χ1) is 19.4. The van der Waals surface area contributed by atoms with E-state index in [1.54, 1.807) is 29.2 Å². The summed E-state index contributed by atoms with van der Waals surface area (Å²) in [6.45, 7) is 6.35. The summed E-state index contributed by atoms with van der Waals surface area (Å²) in [5, 5.41) is 16.2. The molecule has 1 atom stereocenters. The number of nitrogens with two attached hydrogens (primary N) is 1. The number of nitrogens with one attached hydrogen (secondary N) is 2. The Kier molecular flexibility index (Phi) is 12.0. The van der Waals surface area contributed by atoms with E-state index in [0.717, 1.165) is 42.2 Å². The third-order valence-corrected chi connectivity index (χ3v) is 6.63. The molecule has 0 aromatic heterocycles. The zero-order valence-electron chi connectivity index (χ0n) is 23.4. The molecule has 0 spiro atoms. The van der Waals surface area contributed by atoms with Gasteiger partial charge in [-0.2, -0.15) is 0 Å². The molecule has 5 N–H and O–H groups in total. The molecular weight excluding hydrogens is 502 g/mol. The molecule has 0 saturated heterocycles. The highest BCUT2D eigenvalue weighted by atomic mass is 16.3. The zero-order chi connectivity index (χ0) is 28.7. The summed E-state index contributed by atoms with van der Waals surface area (Å²) >= 11 is 0. The normalized spacial score (nSPS) is 11.5. The van der Waals surface area contributed by atoms with E-state index in [-0.39, 0.29) is 18.2 Å². The number of carbonyl (C=O) groups is 2. The van der Waals surface area contributed by atoms with Crippen LogP contribution in [0.2, 0.25) is 0 Å². The lowest BCUT2D eigenvalue weighted by Crippen LogP contribution is -2.49. The Balaban J connectivity index is 1.89. The van der Waals surface area contributed by atoms with Crippen molar-refractivity contribution in [3.8, 4) is 5.75 Å². The van der Waals surface area contributed by atoms with Gasteiger partial charge in [0.05, 0.1) is 5.92 Å². The Hall–Kier alpha value is -4.33. The number of nitrogens with zero attached hydrogens (tertiary/aromatic N) is 2. The second kappa shape index (κ2) is 15.9. The topological polar surface area (TPSA) is 120 Å². The van der Waals surface area contributed by atoms with E-state index < -0.39 is 17.9 Å². The zero-order valence-corrected chi connectivity index (χ0v) is 23.4. The van der Waals surface area contributed by atoms with Gasteiger partial charge in [-0.25, -0.2) is 0 Å². The van der Waals surface area contributed by atoms with E-state index >= 15 is 0 Å². The Morgan fingerprint density at radius 3 is 1.90 bits per heavy atom. The minimum absolute atomic E-state index is 0.134. The Labute approximate surface area is 237 Å². The quantitative estimate of drug-likeness (QED) is 0.138. The van der Waals surface area contributed by atoms with Crippen molar-refractivity contribution >= 4 is 17.8 Å². The van der Waals surface area contributed by atoms with Crippen LogP contribution in [0.15, 0.2) is 89.9 Å². The molecule has 40 heavy (non-hydrogen) atoms. The first-order valence-electron chi connectivity index (χ1n) is 13.9. The first-order valence-corrected chi connectivity index (χ1v) is 13.9. The van der Waals surface area contributed by atoms with Crippen LogP contribution < -0.4 is 16.4 Å². The van der Waals surface area contributed by atoms with E-state index in [1.807, 2.05) is 74.5 Å². The number of carbonyl (C=O) groups excluding carboxylic acids is 2. The fraction of sp³-hybridized carbons (Fsp3) is 0.344. The van der Waals surface area contributed by atoms with Crippen molar-refractivity contribution in [1.29, 1.82) is 0 Å². The number of benzene rings is 3. The van der Waals surface area contributed by atoms with Crippen molar-refractivity contribution in [3.63, 3.8) is 0 Å². The number of unbranched alkanes of at least 4 members (excludes halogenated alkanes) is 1. The predicted molar refractivity (Wildman–Crippen MR) is 160 cm³/mol. The minimum atomic E-state index is -0.804. The molecule has 0 saturated carbocycles. The van der Waals surface area contributed by atoms with Crippen molar-refractivity contribution < 1.29 is 14.7 Å². The van der Waals surface area contributed by atoms with Gasteiger partial charge in [0.15, 0.2) is 5.96 Å². The standard InChI is InChI=1S/C32H41N5O3/c1-3-34-32(35-4-2)36-22-12-11-17-28(30(33)39)37(23-24-18-20-27(38)21-19-24)31(40)29(25-13-7-5-8-14-25)26-15-9-6-10-16-26/h5-10,13-16,18-21,28-29,38H,3-4,11-12,17,22-23H2,1-2H3,(H2,33,39)(H2,34,35,36)/t28-/m1/s1. The molecule has 0 bridgehead atoms. The van der Waals surface area contributed by atoms with Crippen LogP contribution in [-0.4, -0.2) is 53.5 Å². The number of primary amides is 1. The highest BCUT2D eigenvalue weighted by Crippen LogP contribution is 2.29. The van der Waals surface area contributed by atoms with Crippen LogP contribution in [0.4, 0.5) is 0 Å². The van der Waals surface area contributed by atoms with Crippen LogP contribution in [-0.2, 0) is 16.1 Å². The molecule has 2 amide bonds. The van der Waals surface area contributed by atoms with E-state index in [9.17, 15) is 14.7 Å². The van der Waals surface area contributed by atoms with Gasteiger partial charge in [0.2, 0.25) is 11.8 Å². The molecule has 3 rings (SSSR count). The molecule has 0 heterocycles. The average molecular weight is 544 g/mol. The second-order valence-electron chi connectivity index (χ2n) is 9.59. The van der Waals surface area contributed by atoms with Gasteiger partial charge in [-0.1, -0.05) is 72.8 Å². The number of amides is 2. The first kappa shape index (κ1) is 30.2. The van der Waals surface area contributed by atoms with Crippen molar-refractivity contribution in [2.75, 3.05) is 19.6 Å². The highest BCUT2D eigenvalue weighted by molar-refractivity contribution is 5.92. The molecule has 3 aromatic rings. The second-order valence-corrected chi connectivity index (χ2v) is 9.59. The van der Waals surface area contributed by atoms with Crippen molar-refractivity contribution in [1.82, 2.24) is 15.5 Å². The molecule has 8 heteroatoms. The number of hydrogen-bond donors (Lipinski definition) is 4. The van der Waals surface area contributed by atoms with Crippen LogP contribution in [0.3, 0.4) is 0 Å². The van der Waals surface area contributed by atoms with Crippen molar-refractivity contribution in [2.24, 2.45) is 10.7 Å². The van der Waals surface area contributed by atoms with Crippen LogP contribution in [0, 0.1) is 0 Å². The van der Waals surface area contributed by atoms with Gasteiger partial charge >= 0.3 is 0 Å². The van der Waals surface area contributed by atoms with Gasteiger partial charge in [0.25, 0.3) is 0 Å². The minimum Gasteiger partial charge on any atom is -0.508 e. The molecule has 0 aliphatic rings. The van der Waals surface area contributed by atoms with Crippen molar-refractivity contribution in [3.05, 3.63) is 102 Å². The SMILES string of the molecule is CCNC(=NCCCC[C@H](C(N)=O)N(Cc1ccc(O)cc1)C(=O)C(c1ccccc1)c1ccccc1)NCC. The van der Waals surface area contributed by atoms with Crippen LogP contribution in [0.1, 0.15) is 55.7 Å². The third-order valence-electron chi connectivity index (χ3n) is 6.63. The molecule has 0 aliphatic heterocycles. The van der Waals surface area contributed by atoms with Crippen LogP contribution in [0.5, 0.6) is 5.75 Å². The summed E-state index contributed by atoms with van der Waals surface area (Å²) in [5.41, 5.74) is 8.43. The Morgan fingerprint density at radius 2 is 1.40 bits per heavy atom. The predicted octanol–water partition coefficient (Wildman–Crippen LogP) is 4.15. The Bertz CT molecular complexity index is 1170. The van der Waals surface area contributed by atoms with Crippen molar-refractivity contribution in [2.45, 2.75) is 51.6 Å². The molecule has 212 valence electrons. The van der Waals surface area contributed by atoms with E-state index in [2.05, 4.69) is 15.6 Å². The molecule has 3 aromatic carbocycles. The number of rotatable bonds is 14. The van der Waals surface area contributed by atoms with Gasteiger partial charge < -0.3 is 26.4 Å². The Morgan fingerprint density at radius 1 is 0.850 bits per heavy atom. The van der Waals surface area contributed by atoms with Crippen LogP contribution >= 0.6 is 0 Å². The smallest absolute Gasteiger partial charge is 0.240 e. The fourth-order valence-electron chi connectivity index (χ4n) is 4.68. The molecule has 0 fully saturated rings. The van der Waals surface area contributed by atoms with Gasteiger partial charge in [-0.05, 0) is 61.9 Å². The molecular formula is C32H41N5O3. The number of aromatic hydroxyl groups is 1. The van der Waals surface area contributed by atoms with E-state index in [1.165, 1.54) is 0 Å². The number of aliphatic imine (C=N–C) groups is 1. The molecule has 0 radical (unpaired) electrons. The summed E-state index contributed by atoms with van der Waals surface area (Å²) in [4.78, 5) is 33.5. The number of guanidine groups is 1. The summed E-state index contributed by atoms with van der Waals surface area (Å²) in [6.07, 6.45) is 1.83. The maximum absolute atomic E-state index is 14.4. The largest absolute Gasteiger partial charge is 0.508 e. The average Bonchev–Trinajstić information content (AvgIpc) is 2.96. The molecule has 0 unspecified atom stereocenters. The maximum Gasteiger partial charge on any atom is 0.240 e. The summed E-state index contributed by atoms with van der Waals surface area (Å²) < 4.78 is 0. The van der Waals surface area contributed by atoms with Gasteiger partial charge in [-0.15, -0.1) is 0 Å². The lowest BCUT2D eigenvalue weighted by molar-refractivity contribution is -0.141. The molecule has 8 nitrogen and oxygen atoms in total. The summed E-state index contributed by atoms with van der Waals surface area (Å²) in [7, 11) is 0. The maximum atomic E-state index is 14.4. The van der Waals surface area contributed by atoms with Gasteiger partial charge in [-0.3, -0.25) is 14.6 Å². The fourth-order valence-corrected chi connectivity index (χ4v) is 4.68. The number of phenols is 1. The van der Waals surface area contributed by atoms with E-state index in [4.69, 9.17) is 5.73 Å². The summed E-state index contributed by atoms with van der Waals surface area (Å²) in [6, 6.07) is 25.0. The van der Waals surface area contributed by atoms with E-state index in [0.29, 0.717) is 19.4 Å². The monoisotopic (exact) mass is 543 g/mol. The van der Waals surface area contributed by atoms with Crippen LogP contribution in [0.25, 0.3) is 0 Å².